The van der Waals surface area contributed by atoms with Gasteiger partial charge in [-0.15, -0.1) is 0 Å². The minimum atomic E-state index is -0.607. The summed E-state index contributed by atoms with van der Waals surface area (Å²) in [6.07, 6.45) is 4.34. The Bertz CT molecular complexity index is 717. The maximum atomic E-state index is 13.7. The van der Waals surface area contributed by atoms with E-state index in [-0.39, 0.29) is 18.1 Å². The van der Waals surface area contributed by atoms with E-state index in [2.05, 4.69) is 6.08 Å². The number of carbonyl (C=O) groups excluding carboxylic acids is 1. The number of amides is 1. The normalized spacial score (nSPS) is 20.7. The molecule has 115 valence electrons. The number of halogens is 1. The van der Waals surface area contributed by atoms with Crippen molar-refractivity contribution < 1.29 is 19.0 Å². The molecule has 2 aliphatic rings. The Kier molecular flexibility index (Phi) is 3.78. The van der Waals surface area contributed by atoms with Gasteiger partial charge in [0.1, 0.15) is 11.6 Å². The molecule has 1 atom stereocenters. The van der Waals surface area contributed by atoms with Crippen LogP contribution in [0.2, 0.25) is 0 Å². The fourth-order valence-electron chi connectivity index (χ4n) is 2.63. The number of thiophene rings is 1. The van der Waals surface area contributed by atoms with Crippen molar-refractivity contribution in [2.45, 2.75) is 26.3 Å². The van der Waals surface area contributed by atoms with E-state index in [1.807, 2.05) is 6.92 Å². The number of rotatable bonds is 3. The SMILES string of the molecule is CCOc1ccc(C(=O)N2C(C)=[C]C3=CC(O)=C(F)CC32)s1. The molecule has 1 radical (unpaired) electrons. The molecule has 22 heavy (non-hydrogen) atoms. The highest BCUT2D eigenvalue weighted by atomic mass is 32.1. The molecule has 1 aromatic rings. The van der Waals surface area contributed by atoms with E-state index in [9.17, 15) is 14.3 Å². The van der Waals surface area contributed by atoms with Gasteiger partial charge in [-0.05, 0) is 37.6 Å². The molecule has 0 bridgehead atoms. The third kappa shape index (κ3) is 2.43. The average Bonchev–Trinajstić information content (AvgIpc) is 3.04. The zero-order valence-electron chi connectivity index (χ0n) is 12.2. The molecule has 1 aromatic heterocycles. The summed E-state index contributed by atoms with van der Waals surface area (Å²) in [6.45, 7) is 4.17. The lowest BCUT2D eigenvalue weighted by molar-refractivity contribution is 0.0780. The van der Waals surface area contributed by atoms with E-state index in [4.69, 9.17) is 4.74 Å². The molecule has 0 saturated carbocycles. The Labute approximate surface area is 131 Å². The number of hydrogen-bond acceptors (Lipinski definition) is 4. The summed E-state index contributed by atoms with van der Waals surface area (Å²) in [6, 6.07) is 3.02. The van der Waals surface area contributed by atoms with Crippen molar-refractivity contribution in [1.82, 2.24) is 4.90 Å². The standard InChI is InChI=1S/C16H15FNO3S/c1-3-21-15-5-4-14(22-15)16(20)18-9(2)6-10-7-13(19)11(17)8-12(10)18/h4-5,7,12,19H,3,8H2,1-2H3. The van der Waals surface area contributed by atoms with Crippen molar-refractivity contribution >= 4 is 17.2 Å². The highest BCUT2D eigenvalue weighted by Gasteiger charge is 2.37. The fraction of sp³-hybridized carbons (Fsp3) is 0.312. The summed E-state index contributed by atoms with van der Waals surface area (Å²) in [5.41, 5.74) is 1.25. The van der Waals surface area contributed by atoms with Crippen LogP contribution in [0.4, 0.5) is 4.39 Å². The predicted octanol–water partition coefficient (Wildman–Crippen LogP) is 3.75. The first-order valence-electron chi connectivity index (χ1n) is 6.97. The molecule has 1 amide bonds. The predicted molar refractivity (Wildman–Crippen MR) is 81.3 cm³/mol. The average molecular weight is 320 g/mol. The molecule has 3 rings (SSSR count). The first-order valence-corrected chi connectivity index (χ1v) is 7.79. The van der Waals surface area contributed by atoms with Gasteiger partial charge in [-0.2, -0.15) is 0 Å². The van der Waals surface area contributed by atoms with E-state index >= 15 is 0 Å². The van der Waals surface area contributed by atoms with Crippen molar-refractivity contribution in [2.75, 3.05) is 6.61 Å². The third-order valence-corrected chi connectivity index (χ3v) is 4.58. The summed E-state index contributed by atoms with van der Waals surface area (Å²) in [5.74, 6) is -1.19. The van der Waals surface area contributed by atoms with E-state index in [0.717, 1.165) is 0 Å². The van der Waals surface area contributed by atoms with Crippen LogP contribution in [0.15, 0.2) is 41.1 Å². The number of allylic oxidation sites excluding steroid dienone is 2. The summed E-state index contributed by atoms with van der Waals surface area (Å²) in [5, 5.41) is 10.2. The molecule has 6 heteroatoms. The number of aliphatic hydroxyl groups excluding tert-OH is 1. The second-order valence-electron chi connectivity index (χ2n) is 5.05. The largest absolute Gasteiger partial charge is 0.505 e. The topological polar surface area (TPSA) is 49.8 Å². The van der Waals surface area contributed by atoms with Crippen LogP contribution >= 0.6 is 11.3 Å². The van der Waals surface area contributed by atoms with Gasteiger partial charge in [0.15, 0.2) is 5.06 Å². The Hall–Kier alpha value is -2.08. The Morgan fingerprint density at radius 2 is 2.36 bits per heavy atom. The summed E-state index contributed by atoms with van der Waals surface area (Å²) >= 11 is 1.27. The summed E-state index contributed by atoms with van der Waals surface area (Å²) in [4.78, 5) is 14.8. The molecule has 0 fully saturated rings. The Morgan fingerprint density at radius 3 is 3.09 bits per heavy atom. The van der Waals surface area contributed by atoms with Crippen LogP contribution in [0.3, 0.4) is 0 Å². The number of fused-ring (bicyclic) bond motifs is 1. The Morgan fingerprint density at radius 1 is 1.59 bits per heavy atom. The second-order valence-corrected chi connectivity index (χ2v) is 6.09. The van der Waals surface area contributed by atoms with Gasteiger partial charge < -0.3 is 14.7 Å². The van der Waals surface area contributed by atoms with Crippen LogP contribution in [0.5, 0.6) is 5.06 Å². The molecular weight excluding hydrogens is 305 g/mol. The van der Waals surface area contributed by atoms with Crippen molar-refractivity contribution in [3.05, 3.63) is 52.0 Å². The third-order valence-electron chi connectivity index (χ3n) is 3.60. The van der Waals surface area contributed by atoms with Crippen LogP contribution in [0.1, 0.15) is 29.9 Å². The van der Waals surface area contributed by atoms with Crippen molar-refractivity contribution in [3.63, 3.8) is 0 Å². The van der Waals surface area contributed by atoms with Gasteiger partial charge in [0, 0.05) is 18.2 Å². The quantitative estimate of drug-likeness (QED) is 0.923. The molecule has 4 nitrogen and oxygen atoms in total. The molecule has 1 N–H and O–H groups in total. The lowest BCUT2D eigenvalue weighted by Crippen LogP contribution is -2.36. The number of aliphatic hydroxyl groups is 1. The second kappa shape index (κ2) is 5.61. The van der Waals surface area contributed by atoms with Crippen LogP contribution in [-0.2, 0) is 0 Å². The first-order chi connectivity index (χ1) is 10.5. The zero-order valence-corrected chi connectivity index (χ0v) is 13.0. The number of nitrogens with zero attached hydrogens (tertiary/aromatic N) is 1. The molecular formula is C16H15FNO3S. The van der Waals surface area contributed by atoms with Crippen molar-refractivity contribution in [3.8, 4) is 5.06 Å². The van der Waals surface area contributed by atoms with E-state index in [1.165, 1.54) is 22.3 Å². The fourth-order valence-corrected chi connectivity index (χ4v) is 3.48. The van der Waals surface area contributed by atoms with Crippen LogP contribution in [-0.4, -0.2) is 28.6 Å². The van der Waals surface area contributed by atoms with Gasteiger partial charge >= 0.3 is 0 Å². The first kappa shape index (κ1) is 14.8. The maximum Gasteiger partial charge on any atom is 0.268 e. The minimum Gasteiger partial charge on any atom is -0.505 e. The minimum absolute atomic E-state index is 0.0303. The van der Waals surface area contributed by atoms with E-state index in [0.29, 0.717) is 27.8 Å². The highest BCUT2D eigenvalue weighted by Crippen LogP contribution is 2.37. The van der Waals surface area contributed by atoms with Gasteiger partial charge in [-0.3, -0.25) is 4.79 Å². The number of ether oxygens (including phenoxy) is 1. The van der Waals surface area contributed by atoms with Gasteiger partial charge in [0.25, 0.3) is 5.91 Å². The summed E-state index contributed by atoms with van der Waals surface area (Å²) < 4.78 is 19.1. The molecule has 0 spiro atoms. The van der Waals surface area contributed by atoms with E-state index in [1.54, 1.807) is 19.1 Å². The van der Waals surface area contributed by atoms with Gasteiger partial charge in [0.2, 0.25) is 0 Å². The van der Waals surface area contributed by atoms with E-state index < -0.39 is 11.9 Å². The highest BCUT2D eigenvalue weighted by molar-refractivity contribution is 7.15. The summed E-state index contributed by atoms with van der Waals surface area (Å²) in [7, 11) is 0. The van der Waals surface area contributed by atoms with Crippen molar-refractivity contribution in [1.29, 1.82) is 0 Å². The smallest absolute Gasteiger partial charge is 0.268 e. The van der Waals surface area contributed by atoms with Gasteiger partial charge in [0.05, 0.1) is 17.5 Å². The maximum absolute atomic E-state index is 13.7. The molecule has 0 saturated heterocycles. The lowest BCUT2D eigenvalue weighted by Gasteiger charge is -2.28. The van der Waals surface area contributed by atoms with Crippen LogP contribution < -0.4 is 4.74 Å². The van der Waals surface area contributed by atoms with Gasteiger partial charge in [-0.25, -0.2) is 4.39 Å². The number of hydrogen-bond donors (Lipinski definition) is 1. The lowest BCUT2D eigenvalue weighted by atomic mass is 9.98. The molecule has 1 aliphatic carbocycles. The van der Waals surface area contributed by atoms with Crippen molar-refractivity contribution in [2.24, 2.45) is 0 Å². The number of carbonyl (C=O) groups is 1. The van der Waals surface area contributed by atoms with Crippen LogP contribution in [0, 0.1) is 6.08 Å². The molecule has 2 heterocycles. The molecule has 1 unspecified atom stereocenters. The molecule has 0 aromatic carbocycles. The van der Waals surface area contributed by atoms with Crippen LogP contribution in [0.25, 0.3) is 0 Å². The molecule has 1 aliphatic heterocycles. The Balaban J connectivity index is 1.87. The monoisotopic (exact) mass is 320 g/mol. The van der Waals surface area contributed by atoms with Gasteiger partial charge in [-0.1, -0.05) is 11.3 Å². The zero-order chi connectivity index (χ0) is 15.9.